The van der Waals surface area contributed by atoms with E-state index in [-0.39, 0.29) is 7.11 Å². The van der Waals surface area contributed by atoms with E-state index < -0.39 is 53.7 Å². The maximum absolute atomic E-state index is 13.3. The average Bonchev–Trinajstić information content (AvgIpc) is 2.44. The minimum Gasteiger partial charge on any atom is -0.506 e. The molecule has 0 saturated carbocycles. The first-order chi connectivity index (χ1) is 10.1. The molecular formula is C11H10F8O4. The molecule has 0 saturated heterocycles. The fraction of sp³-hybridized carbons (Fsp3) is 0.636. The van der Waals surface area contributed by atoms with Crippen molar-refractivity contribution in [3.05, 3.63) is 11.8 Å². The number of esters is 1. The minimum atomic E-state index is -6.94. The molecule has 0 unspecified atom stereocenters. The van der Waals surface area contributed by atoms with Crippen molar-refractivity contribution in [2.24, 2.45) is 0 Å². The molecule has 0 heterocycles. The van der Waals surface area contributed by atoms with E-state index in [1.54, 1.807) is 0 Å². The normalized spacial score (nSPS) is 14.6. The molecule has 0 fully saturated rings. The molecule has 4 nitrogen and oxygen atoms in total. The van der Waals surface area contributed by atoms with Crippen molar-refractivity contribution < 1.29 is 54.6 Å². The summed E-state index contributed by atoms with van der Waals surface area (Å²) in [5, 5.41) is 8.75. The smallest absolute Gasteiger partial charge is 0.410 e. The highest BCUT2D eigenvalue weighted by Gasteiger charge is 2.84. The zero-order chi connectivity index (χ0) is 18.9. The van der Waals surface area contributed by atoms with Gasteiger partial charge in [0.2, 0.25) is 0 Å². The maximum atomic E-state index is 13.3. The van der Waals surface area contributed by atoms with E-state index in [2.05, 4.69) is 4.74 Å². The van der Waals surface area contributed by atoms with Crippen molar-refractivity contribution >= 4 is 11.8 Å². The number of ether oxygens (including phenoxy) is 1. The summed E-state index contributed by atoms with van der Waals surface area (Å²) in [5.74, 6) is -33.9. The summed E-state index contributed by atoms with van der Waals surface area (Å²) < 4.78 is 109. The molecular weight excluding hydrogens is 348 g/mol. The third kappa shape index (κ3) is 3.24. The van der Waals surface area contributed by atoms with Crippen LogP contribution in [-0.2, 0) is 14.3 Å². The molecule has 0 aromatic heterocycles. The van der Waals surface area contributed by atoms with E-state index in [9.17, 15) is 44.7 Å². The average molecular weight is 358 g/mol. The second-order valence-electron chi connectivity index (χ2n) is 4.14. The number of aliphatic hydroxyl groups is 1. The summed E-state index contributed by atoms with van der Waals surface area (Å²) in [7, 11) is 0.139. The fourth-order valence-electron chi connectivity index (χ4n) is 1.16. The van der Waals surface area contributed by atoms with Gasteiger partial charge >= 0.3 is 29.7 Å². The topological polar surface area (TPSA) is 63.6 Å². The van der Waals surface area contributed by atoms with Crippen LogP contribution in [0.15, 0.2) is 11.8 Å². The van der Waals surface area contributed by atoms with E-state index in [0.717, 1.165) is 6.92 Å². The van der Waals surface area contributed by atoms with Gasteiger partial charge in [0, 0.05) is 12.5 Å². The van der Waals surface area contributed by atoms with Crippen molar-refractivity contribution in [2.75, 3.05) is 7.11 Å². The lowest BCUT2D eigenvalue weighted by Crippen LogP contribution is -2.65. The second kappa shape index (κ2) is 6.32. The van der Waals surface area contributed by atoms with Gasteiger partial charge in [0.05, 0.1) is 7.11 Å². The molecule has 23 heavy (non-hydrogen) atoms. The number of allylic oxidation sites excluding steroid dienone is 2. The largest absolute Gasteiger partial charge is 0.506 e. The molecule has 0 bridgehead atoms. The molecule has 0 atom stereocenters. The van der Waals surface area contributed by atoms with E-state index in [4.69, 9.17) is 5.11 Å². The van der Waals surface area contributed by atoms with E-state index in [1.165, 1.54) is 0 Å². The van der Waals surface area contributed by atoms with Gasteiger partial charge in [-0.25, -0.2) is 4.79 Å². The van der Waals surface area contributed by atoms with Crippen LogP contribution in [0.1, 0.15) is 13.3 Å². The molecule has 134 valence electrons. The van der Waals surface area contributed by atoms with Crippen LogP contribution in [0.4, 0.5) is 35.1 Å². The number of halogens is 8. The Bertz CT molecular complexity index is 512. The van der Waals surface area contributed by atoms with Crippen molar-refractivity contribution in [1.29, 1.82) is 0 Å². The Morgan fingerprint density at radius 3 is 1.70 bits per heavy atom. The lowest BCUT2D eigenvalue weighted by Gasteiger charge is -2.35. The lowest BCUT2D eigenvalue weighted by molar-refractivity contribution is -0.355. The number of carbonyl (C=O) groups is 2. The van der Waals surface area contributed by atoms with E-state index >= 15 is 0 Å². The molecule has 0 aromatic carbocycles. The van der Waals surface area contributed by atoms with Crippen molar-refractivity contribution in [1.82, 2.24) is 0 Å². The zero-order valence-corrected chi connectivity index (χ0v) is 11.5. The maximum Gasteiger partial charge on any atom is 0.410 e. The predicted octanol–water partition coefficient (Wildman–Crippen LogP) is 3.12. The van der Waals surface area contributed by atoms with Gasteiger partial charge in [0.15, 0.2) is 11.5 Å². The summed E-state index contributed by atoms with van der Waals surface area (Å²) >= 11 is 0. The molecule has 1 N–H and O–H groups in total. The van der Waals surface area contributed by atoms with Gasteiger partial charge in [0.25, 0.3) is 0 Å². The predicted molar refractivity (Wildman–Crippen MR) is 57.8 cm³/mol. The Kier molecular flexibility index (Phi) is 5.80. The molecule has 0 aromatic rings. The van der Waals surface area contributed by atoms with Crippen LogP contribution in [0.5, 0.6) is 0 Å². The van der Waals surface area contributed by atoms with Crippen LogP contribution in [0.25, 0.3) is 0 Å². The van der Waals surface area contributed by atoms with E-state index in [0.29, 0.717) is 0 Å². The molecule has 0 rings (SSSR count). The number of hydrogen-bond donors (Lipinski definition) is 1. The fourth-order valence-corrected chi connectivity index (χ4v) is 1.16. The number of rotatable bonds is 7. The monoisotopic (exact) mass is 358 g/mol. The van der Waals surface area contributed by atoms with Crippen molar-refractivity contribution in [3.8, 4) is 0 Å². The molecule has 12 heteroatoms. The van der Waals surface area contributed by atoms with Crippen molar-refractivity contribution in [3.63, 3.8) is 0 Å². The van der Waals surface area contributed by atoms with Crippen LogP contribution in [-0.4, -0.2) is 47.7 Å². The van der Waals surface area contributed by atoms with E-state index in [1.807, 2.05) is 0 Å². The first-order valence-corrected chi connectivity index (χ1v) is 5.64. The number of aliphatic hydroxyl groups excluding tert-OH is 1. The summed E-state index contributed by atoms with van der Waals surface area (Å²) in [4.78, 5) is 21.3. The molecule has 0 aliphatic rings. The Morgan fingerprint density at radius 1 is 0.957 bits per heavy atom. The Labute approximate surface area is 123 Å². The highest BCUT2D eigenvalue weighted by molar-refractivity contribution is 5.90. The van der Waals surface area contributed by atoms with Crippen LogP contribution in [0, 0.1) is 0 Å². The quantitative estimate of drug-likeness (QED) is 0.329. The van der Waals surface area contributed by atoms with Gasteiger partial charge < -0.3 is 9.84 Å². The summed E-state index contributed by atoms with van der Waals surface area (Å²) in [6, 6.07) is 0. The Hall–Kier alpha value is -1.88. The molecule has 0 aliphatic carbocycles. The van der Waals surface area contributed by atoms with Crippen LogP contribution in [0.3, 0.4) is 0 Å². The highest BCUT2D eigenvalue weighted by atomic mass is 19.4. The van der Waals surface area contributed by atoms with Crippen LogP contribution in [0.2, 0.25) is 0 Å². The molecule has 0 aliphatic heterocycles. The lowest BCUT2D eigenvalue weighted by atomic mass is 9.96. The number of methoxy groups -OCH3 is 1. The van der Waals surface area contributed by atoms with Crippen molar-refractivity contribution in [2.45, 2.75) is 37.0 Å². The summed E-state index contributed by atoms with van der Waals surface area (Å²) in [5.41, 5.74) is 0. The van der Waals surface area contributed by atoms with Gasteiger partial charge in [-0.3, -0.25) is 4.79 Å². The van der Waals surface area contributed by atoms with Gasteiger partial charge in [0.1, 0.15) is 0 Å². The molecule has 0 spiro atoms. The van der Waals surface area contributed by atoms with Gasteiger partial charge in [-0.2, -0.15) is 35.1 Å². The Balaban J connectivity index is 6.08. The number of hydrogen-bond acceptors (Lipinski definition) is 4. The SMILES string of the molecule is CCC(=O)C=C(O)C(F)(F)C(F)(F)C(F)(F)C(F)(F)C(=O)OC. The van der Waals surface area contributed by atoms with Gasteiger partial charge in [-0.15, -0.1) is 0 Å². The molecule has 0 amide bonds. The standard InChI is InChI=1S/C11H10F8O4/c1-3-5(20)4-6(21)8(12,13)10(16,17)11(18,19)9(14,15)7(22)23-2/h4,21H,3H2,1-2H3. The first kappa shape index (κ1) is 21.1. The third-order valence-corrected chi connectivity index (χ3v) is 2.59. The van der Waals surface area contributed by atoms with Crippen LogP contribution >= 0.6 is 0 Å². The van der Waals surface area contributed by atoms with Gasteiger partial charge in [-0.05, 0) is 0 Å². The number of alkyl halides is 8. The number of ketones is 1. The van der Waals surface area contributed by atoms with Gasteiger partial charge in [-0.1, -0.05) is 6.92 Å². The summed E-state index contributed by atoms with van der Waals surface area (Å²) in [6.45, 7) is 1.06. The third-order valence-electron chi connectivity index (χ3n) is 2.59. The second-order valence-corrected chi connectivity index (χ2v) is 4.14. The Morgan fingerprint density at radius 2 is 1.35 bits per heavy atom. The highest BCUT2D eigenvalue weighted by Crippen LogP contribution is 2.54. The molecule has 0 radical (unpaired) electrons. The van der Waals surface area contributed by atoms with Crippen LogP contribution < -0.4 is 0 Å². The minimum absolute atomic E-state index is 0.139. The number of carbonyl (C=O) groups excluding carboxylic acids is 2. The zero-order valence-electron chi connectivity index (χ0n) is 11.5. The first-order valence-electron chi connectivity index (χ1n) is 5.64. The summed E-state index contributed by atoms with van der Waals surface area (Å²) in [6.07, 6.45) is -1.07.